The van der Waals surface area contributed by atoms with E-state index < -0.39 is 23.2 Å². The van der Waals surface area contributed by atoms with Gasteiger partial charge >= 0.3 is 6.18 Å². The van der Waals surface area contributed by atoms with Gasteiger partial charge in [0.25, 0.3) is 5.91 Å². The first-order chi connectivity index (χ1) is 12.0. The van der Waals surface area contributed by atoms with Crippen LogP contribution in [-0.2, 0) is 6.18 Å². The van der Waals surface area contributed by atoms with Gasteiger partial charge in [-0.1, -0.05) is 60.7 Å². The van der Waals surface area contributed by atoms with Gasteiger partial charge in [0.05, 0.1) is 11.1 Å². The monoisotopic (exact) mass is 341 g/mol. The van der Waals surface area contributed by atoms with Crippen molar-refractivity contribution in [3.05, 3.63) is 90.0 Å². The Bertz CT molecular complexity index is 889. The molecule has 5 heteroatoms. The van der Waals surface area contributed by atoms with Crippen LogP contribution in [0, 0.1) is 0 Å². The molecule has 0 saturated heterocycles. The predicted molar refractivity (Wildman–Crippen MR) is 91.3 cm³/mol. The number of nitrogens with one attached hydrogen (secondary N) is 1. The maximum atomic E-state index is 13.1. The lowest BCUT2D eigenvalue weighted by Crippen LogP contribution is -2.18. The van der Waals surface area contributed by atoms with Crippen molar-refractivity contribution in [3.8, 4) is 11.1 Å². The molecule has 0 aromatic heterocycles. The summed E-state index contributed by atoms with van der Waals surface area (Å²) < 4.78 is 39.3. The van der Waals surface area contributed by atoms with Gasteiger partial charge in [0.15, 0.2) is 0 Å². The zero-order chi connectivity index (χ0) is 17.9. The minimum Gasteiger partial charge on any atom is -0.321 e. The number of amides is 1. The molecule has 0 spiro atoms. The maximum Gasteiger partial charge on any atom is 0.417 e. The molecule has 3 aromatic rings. The fourth-order valence-corrected chi connectivity index (χ4v) is 2.58. The lowest BCUT2D eigenvalue weighted by atomic mass is 10.0. The molecule has 3 aromatic carbocycles. The third-order valence-electron chi connectivity index (χ3n) is 3.74. The summed E-state index contributed by atoms with van der Waals surface area (Å²) in [5.41, 5.74) is 0.696. The van der Waals surface area contributed by atoms with Crippen LogP contribution in [0.1, 0.15) is 15.9 Å². The predicted octanol–water partition coefficient (Wildman–Crippen LogP) is 5.62. The summed E-state index contributed by atoms with van der Waals surface area (Å²) in [6.07, 6.45) is -4.59. The molecule has 0 radical (unpaired) electrons. The molecule has 0 unspecified atom stereocenters. The zero-order valence-corrected chi connectivity index (χ0v) is 13.0. The Balaban J connectivity index is 1.96. The lowest BCUT2D eigenvalue weighted by Gasteiger charge is -2.14. The topological polar surface area (TPSA) is 29.1 Å². The summed E-state index contributed by atoms with van der Waals surface area (Å²) in [6, 6.07) is 21.1. The number of para-hydroxylation sites is 1. The van der Waals surface area contributed by atoms with E-state index in [2.05, 4.69) is 5.32 Å². The van der Waals surface area contributed by atoms with Crippen LogP contribution in [0.2, 0.25) is 0 Å². The third-order valence-corrected chi connectivity index (χ3v) is 3.74. The summed E-state index contributed by atoms with van der Waals surface area (Å²) >= 11 is 0. The van der Waals surface area contributed by atoms with Crippen molar-refractivity contribution in [2.24, 2.45) is 0 Å². The summed E-state index contributed by atoms with van der Waals surface area (Å²) in [4.78, 5) is 12.5. The molecule has 126 valence electrons. The minimum absolute atomic E-state index is 0.405. The number of hydrogen-bond acceptors (Lipinski definition) is 1. The Hall–Kier alpha value is -3.08. The van der Waals surface area contributed by atoms with Crippen molar-refractivity contribution in [2.75, 3.05) is 5.32 Å². The molecule has 0 aliphatic rings. The molecule has 25 heavy (non-hydrogen) atoms. The van der Waals surface area contributed by atoms with Gasteiger partial charge in [-0.05, 0) is 23.8 Å². The highest BCUT2D eigenvalue weighted by molar-refractivity contribution is 6.07. The summed E-state index contributed by atoms with van der Waals surface area (Å²) in [5, 5.41) is 2.60. The molecule has 0 atom stereocenters. The second kappa shape index (κ2) is 6.81. The van der Waals surface area contributed by atoms with Crippen molar-refractivity contribution in [1.29, 1.82) is 0 Å². The van der Waals surface area contributed by atoms with E-state index in [-0.39, 0.29) is 0 Å². The molecule has 1 N–H and O–H groups in total. The van der Waals surface area contributed by atoms with Crippen LogP contribution >= 0.6 is 0 Å². The van der Waals surface area contributed by atoms with Crippen LogP contribution in [0.5, 0.6) is 0 Å². The Kier molecular flexibility index (Phi) is 4.57. The summed E-state index contributed by atoms with van der Waals surface area (Å²) in [7, 11) is 0. The zero-order valence-electron chi connectivity index (χ0n) is 13.0. The molecule has 0 bridgehead atoms. The molecule has 3 rings (SSSR count). The molecular formula is C20H14F3NO. The first-order valence-corrected chi connectivity index (χ1v) is 7.59. The van der Waals surface area contributed by atoms with Gasteiger partial charge in [-0.25, -0.2) is 0 Å². The highest BCUT2D eigenvalue weighted by Crippen LogP contribution is 2.33. The van der Waals surface area contributed by atoms with E-state index in [1.807, 2.05) is 36.4 Å². The van der Waals surface area contributed by atoms with E-state index in [0.29, 0.717) is 5.69 Å². The van der Waals surface area contributed by atoms with Gasteiger partial charge in [0.1, 0.15) is 0 Å². The summed E-state index contributed by atoms with van der Waals surface area (Å²) in [6.45, 7) is 0. The lowest BCUT2D eigenvalue weighted by molar-refractivity contribution is -0.137. The molecule has 0 heterocycles. The van der Waals surface area contributed by atoms with Crippen molar-refractivity contribution in [1.82, 2.24) is 0 Å². The van der Waals surface area contributed by atoms with Crippen LogP contribution in [0.15, 0.2) is 78.9 Å². The average Bonchev–Trinajstić information content (AvgIpc) is 2.62. The fourth-order valence-electron chi connectivity index (χ4n) is 2.58. The van der Waals surface area contributed by atoms with Gasteiger partial charge in [-0.3, -0.25) is 4.79 Å². The number of carbonyl (C=O) groups excluding carboxylic acids is 1. The number of anilines is 1. The molecule has 2 nitrogen and oxygen atoms in total. The number of rotatable bonds is 3. The van der Waals surface area contributed by atoms with Crippen LogP contribution in [0.3, 0.4) is 0 Å². The van der Waals surface area contributed by atoms with Crippen LogP contribution < -0.4 is 5.32 Å². The number of hydrogen-bond donors (Lipinski definition) is 1. The molecule has 1 amide bonds. The highest BCUT2D eigenvalue weighted by Gasteiger charge is 2.34. The van der Waals surface area contributed by atoms with Gasteiger partial charge in [-0.15, -0.1) is 0 Å². The van der Waals surface area contributed by atoms with E-state index in [4.69, 9.17) is 0 Å². The largest absolute Gasteiger partial charge is 0.417 e. The molecule has 0 fully saturated rings. The van der Waals surface area contributed by atoms with Gasteiger partial charge in [0, 0.05) is 11.3 Å². The molecule has 0 saturated carbocycles. The van der Waals surface area contributed by atoms with Gasteiger partial charge in [0.2, 0.25) is 0 Å². The normalized spacial score (nSPS) is 11.2. The number of halogens is 3. The van der Waals surface area contributed by atoms with E-state index in [1.165, 1.54) is 18.2 Å². The Morgan fingerprint density at radius 3 is 2.08 bits per heavy atom. The second-order valence-electron chi connectivity index (χ2n) is 5.41. The molecular weight excluding hydrogens is 327 g/mol. The summed E-state index contributed by atoms with van der Waals surface area (Å²) in [5.74, 6) is -0.795. The van der Waals surface area contributed by atoms with Crippen molar-refractivity contribution in [3.63, 3.8) is 0 Å². The third kappa shape index (κ3) is 3.71. The Morgan fingerprint density at radius 1 is 0.760 bits per heavy atom. The van der Waals surface area contributed by atoms with Gasteiger partial charge < -0.3 is 5.32 Å². The van der Waals surface area contributed by atoms with E-state index in [9.17, 15) is 18.0 Å². The number of alkyl halides is 3. The van der Waals surface area contributed by atoms with Crippen molar-refractivity contribution < 1.29 is 18.0 Å². The first kappa shape index (κ1) is 16.8. The van der Waals surface area contributed by atoms with Gasteiger partial charge in [-0.2, -0.15) is 13.2 Å². The van der Waals surface area contributed by atoms with Crippen LogP contribution in [-0.4, -0.2) is 5.91 Å². The number of benzene rings is 3. The van der Waals surface area contributed by atoms with E-state index >= 15 is 0 Å². The van der Waals surface area contributed by atoms with Crippen molar-refractivity contribution in [2.45, 2.75) is 6.18 Å². The van der Waals surface area contributed by atoms with Crippen LogP contribution in [0.4, 0.5) is 18.9 Å². The second-order valence-corrected chi connectivity index (χ2v) is 5.41. The quantitative estimate of drug-likeness (QED) is 0.658. The minimum atomic E-state index is -4.59. The Morgan fingerprint density at radius 2 is 1.36 bits per heavy atom. The first-order valence-electron chi connectivity index (χ1n) is 7.59. The van der Waals surface area contributed by atoms with Crippen LogP contribution in [0.25, 0.3) is 11.1 Å². The molecule has 0 aliphatic heterocycles. The molecule has 0 aliphatic carbocycles. The SMILES string of the molecule is O=C(Nc1ccccc1-c1ccccc1)c1ccccc1C(F)(F)F. The fraction of sp³-hybridized carbons (Fsp3) is 0.0500. The van der Waals surface area contributed by atoms with E-state index in [0.717, 1.165) is 17.2 Å². The smallest absolute Gasteiger partial charge is 0.321 e. The van der Waals surface area contributed by atoms with Crippen molar-refractivity contribution >= 4 is 11.6 Å². The average molecular weight is 341 g/mol. The number of carbonyl (C=O) groups is 1. The van der Waals surface area contributed by atoms with E-state index in [1.54, 1.807) is 18.2 Å². The maximum absolute atomic E-state index is 13.1. The standard InChI is InChI=1S/C20H14F3NO/c21-20(22,23)17-12-6-4-11-16(17)19(25)24-18-13-7-5-10-15(18)14-8-2-1-3-9-14/h1-13H,(H,24,25). The highest BCUT2D eigenvalue weighted by atomic mass is 19.4. The Labute approximate surface area is 142 Å².